The summed E-state index contributed by atoms with van der Waals surface area (Å²) in [7, 11) is 0. The molecule has 2 aliphatic heterocycles. The fraction of sp³-hybridized carbons (Fsp3) is 0.667. The molecule has 1 saturated heterocycles. The molecule has 92 valence electrons. The fourth-order valence-corrected chi connectivity index (χ4v) is 2.62. The van der Waals surface area contributed by atoms with Gasteiger partial charge in [0, 0.05) is 38.6 Å². The molecule has 0 saturated carbocycles. The Kier molecular flexibility index (Phi) is 2.74. The van der Waals surface area contributed by atoms with Gasteiger partial charge in [0.25, 0.3) is 0 Å². The maximum atomic E-state index is 12.3. The Morgan fingerprint density at radius 1 is 1.06 bits per heavy atom. The number of piperidine rings is 1. The van der Waals surface area contributed by atoms with Gasteiger partial charge in [-0.1, -0.05) is 0 Å². The van der Waals surface area contributed by atoms with Gasteiger partial charge < -0.3 is 14.4 Å². The fourth-order valence-electron chi connectivity index (χ4n) is 2.62. The number of fused-ring (bicyclic) bond motifs is 1. The predicted octanol–water partition coefficient (Wildman–Crippen LogP) is 1.30. The molecular formula is C12H18N4O. The molecule has 0 aliphatic carbocycles. The largest absolute Gasteiger partial charge is 0.332 e. The summed E-state index contributed by atoms with van der Waals surface area (Å²) in [6.07, 6.45) is 7.35. The Labute approximate surface area is 101 Å². The van der Waals surface area contributed by atoms with E-state index >= 15 is 0 Å². The number of imidazole rings is 1. The van der Waals surface area contributed by atoms with Crippen molar-refractivity contribution < 1.29 is 4.79 Å². The molecule has 1 aromatic rings. The minimum atomic E-state index is 0.193. The Morgan fingerprint density at radius 2 is 1.88 bits per heavy atom. The first-order valence-corrected chi connectivity index (χ1v) is 6.38. The van der Waals surface area contributed by atoms with E-state index in [9.17, 15) is 4.79 Å². The van der Waals surface area contributed by atoms with Gasteiger partial charge in [-0.15, -0.1) is 0 Å². The third kappa shape index (κ3) is 2.01. The number of carbonyl (C=O) groups is 1. The lowest BCUT2D eigenvalue weighted by atomic mass is 10.1. The summed E-state index contributed by atoms with van der Waals surface area (Å²) in [5.74, 6) is 1.00. The monoisotopic (exact) mass is 234 g/mol. The van der Waals surface area contributed by atoms with Gasteiger partial charge in [-0.05, 0) is 19.3 Å². The molecule has 1 aromatic heterocycles. The first kappa shape index (κ1) is 10.6. The van der Waals surface area contributed by atoms with Crippen molar-refractivity contribution in [2.24, 2.45) is 0 Å². The predicted molar refractivity (Wildman–Crippen MR) is 63.5 cm³/mol. The molecular weight excluding hydrogens is 216 g/mol. The Bertz CT molecular complexity index is 408. The Morgan fingerprint density at radius 3 is 2.71 bits per heavy atom. The highest BCUT2D eigenvalue weighted by molar-refractivity contribution is 5.74. The summed E-state index contributed by atoms with van der Waals surface area (Å²) < 4.78 is 2.12. The highest BCUT2D eigenvalue weighted by Crippen LogP contribution is 2.15. The molecule has 1 fully saturated rings. The molecule has 2 amide bonds. The second-order valence-corrected chi connectivity index (χ2v) is 4.79. The molecule has 0 radical (unpaired) electrons. The number of aromatic nitrogens is 2. The number of nitrogens with zero attached hydrogens (tertiary/aromatic N) is 4. The second kappa shape index (κ2) is 4.39. The molecule has 0 N–H and O–H groups in total. The van der Waals surface area contributed by atoms with Gasteiger partial charge in [0.2, 0.25) is 0 Å². The molecule has 2 aliphatic rings. The van der Waals surface area contributed by atoms with Crippen molar-refractivity contribution in [1.82, 2.24) is 19.4 Å². The van der Waals surface area contributed by atoms with E-state index in [4.69, 9.17) is 0 Å². The summed E-state index contributed by atoms with van der Waals surface area (Å²) in [6, 6.07) is 0.193. The molecule has 3 rings (SSSR count). The van der Waals surface area contributed by atoms with Crippen molar-refractivity contribution in [3.63, 3.8) is 0 Å². The van der Waals surface area contributed by atoms with Crippen molar-refractivity contribution in [2.75, 3.05) is 19.6 Å². The van der Waals surface area contributed by atoms with Crippen LogP contribution in [0.5, 0.6) is 0 Å². The van der Waals surface area contributed by atoms with Crippen LogP contribution in [0.2, 0.25) is 0 Å². The molecule has 5 nitrogen and oxygen atoms in total. The van der Waals surface area contributed by atoms with Gasteiger partial charge in [-0.25, -0.2) is 9.78 Å². The van der Waals surface area contributed by atoms with Crippen LogP contribution in [-0.4, -0.2) is 45.0 Å². The van der Waals surface area contributed by atoms with Crippen LogP contribution in [0.1, 0.15) is 25.1 Å². The van der Waals surface area contributed by atoms with Gasteiger partial charge in [0.1, 0.15) is 5.82 Å². The van der Waals surface area contributed by atoms with E-state index in [1.54, 1.807) is 0 Å². The van der Waals surface area contributed by atoms with Crippen molar-refractivity contribution in [1.29, 1.82) is 0 Å². The number of amides is 2. The zero-order valence-corrected chi connectivity index (χ0v) is 10.0. The summed E-state index contributed by atoms with van der Waals surface area (Å²) in [6.45, 7) is 4.17. The third-order valence-corrected chi connectivity index (χ3v) is 3.64. The summed E-state index contributed by atoms with van der Waals surface area (Å²) >= 11 is 0. The average molecular weight is 234 g/mol. The van der Waals surface area contributed by atoms with Gasteiger partial charge in [0.05, 0.1) is 6.54 Å². The number of carbonyl (C=O) groups excluding carboxylic acids is 1. The summed E-state index contributed by atoms with van der Waals surface area (Å²) in [4.78, 5) is 20.5. The van der Waals surface area contributed by atoms with Crippen LogP contribution < -0.4 is 0 Å². The van der Waals surface area contributed by atoms with Crippen LogP contribution in [0.15, 0.2) is 12.4 Å². The molecule has 0 bridgehead atoms. The van der Waals surface area contributed by atoms with E-state index in [1.165, 1.54) is 6.42 Å². The number of likely N-dealkylation sites (tertiary alicyclic amines) is 1. The highest BCUT2D eigenvalue weighted by Gasteiger charge is 2.26. The molecule has 0 spiro atoms. The highest BCUT2D eigenvalue weighted by atomic mass is 16.2. The summed E-state index contributed by atoms with van der Waals surface area (Å²) in [5.41, 5.74) is 0. The van der Waals surface area contributed by atoms with E-state index in [-0.39, 0.29) is 6.03 Å². The number of hydrogen-bond acceptors (Lipinski definition) is 2. The lowest BCUT2D eigenvalue weighted by Gasteiger charge is -2.35. The minimum Gasteiger partial charge on any atom is -0.332 e. The Balaban J connectivity index is 1.67. The molecule has 3 heterocycles. The third-order valence-electron chi connectivity index (χ3n) is 3.64. The normalized spacial score (nSPS) is 20.2. The first-order chi connectivity index (χ1) is 8.34. The van der Waals surface area contributed by atoms with Gasteiger partial charge in [-0.3, -0.25) is 0 Å². The molecule has 17 heavy (non-hydrogen) atoms. The molecule has 0 unspecified atom stereocenters. The van der Waals surface area contributed by atoms with Crippen LogP contribution in [-0.2, 0) is 13.1 Å². The van der Waals surface area contributed by atoms with Crippen LogP contribution in [0.3, 0.4) is 0 Å². The maximum absolute atomic E-state index is 12.3. The van der Waals surface area contributed by atoms with E-state index in [1.807, 2.05) is 22.2 Å². The van der Waals surface area contributed by atoms with Crippen molar-refractivity contribution in [2.45, 2.75) is 32.4 Å². The van der Waals surface area contributed by atoms with Gasteiger partial charge in [0.15, 0.2) is 0 Å². The lowest BCUT2D eigenvalue weighted by molar-refractivity contribution is 0.131. The van der Waals surface area contributed by atoms with E-state index in [0.717, 1.165) is 44.8 Å². The number of urea groups is 1. The van der Waals surface area contributed by atoms with E-state index in [0.29, 0.717) is 6.54 Å². The topological polar surface area (TPSA) is 41.4 Å². The van der Waals surface area contributed by atoms with Crippen molar-refractivity contribution in [3.8, 4) is 0 Å². The Hall–Kier alpha value is -1.52. The quantitative estimate of drug-likeness (QED) is 0.679. The van der Waals surface area contributed by atoms with Crippen LogP contribution >= 0.6 is 0 Å². The summed E-state index contributed by atoms with van der Waals surface area (Å²) in [5, 5.41) is 0. The van der Waals surface area contributed by atoms with Gasteiger partial charge >= 0.3 is 6.03 Å². The lowest BCUT2D eigenvalue weighted by Crippen LogP contribution is -2.48. The van der Waals surface area contributed by atoms with Crippen LogP contribution in [0, 0.1) is 0 Å². The zero-order valence-electron chi connectivity index (χ0n) is 10.0. The SMILES string of the molecule is O=C(N1CCCCC1)N1CCn2ccnc2C1. The van der Waals surface area contributed by atoms with E-state index in [2.05, 4.69) is 9.55 Å². The van der Waals surface area contributed by atoms with E-state index < -0.39 is 0 Å². The average Bonchev–Trinajstić information content (AvgIpc) is 2.86. The molecule has 0 aromatic carbocycles. The van der Waals surface area contributed by atoms with Crippen molar-refractivity contribution >= 4 is 6.03 Å². The van der Waals surface area contributed by atoms with Gasteiger partial charge in [-0.2, -0.15) is 0 Å². The first-order valence-electron chi connectivity index (χ1n) is 6.38. The number of rotatable bonds is 0. The number of hydrogen-bond donors (Lipinski definition) is 0. The smallest absolute Gasteiger partial charge is 0.320 e. The molecule has 0 atom stereocenters. The maximum Gasteiger partial charge on any atom is 0.320 e. The standard InChI is InChI=1S/C12H18N4O/c17-12(15-5-2-1-3-6-15)16-9-8-14-7-4-13-11(14)10-16/h4,7H,1-3,5-6,8-10H2. The molecule has 5 heteroatoms. The minimum absolute atomic E-state index is 0.193. The zero-order chi connectivity index (χ0) is 11.7. The second-order valence-electron chi connectivity index (χ2n) is 4.79. The van der Waals surface area contributed by atoms with Crippen LogP contribution in [0.25, 0.3) is 0 Å². The van der Waals surface area contributed by atoms with Crippen LogP contribution in [0.4, 0.5) is 4.79 Å². The van der Waals surface area contributed by atoms with Crippen molar-refractivity contribution in [3.05, 3.63) is 18.2 Å².